The molecule has 2 aliphatic rings. The summed E-state index contributed by atoms with van der Waals surface area (Å²) in [7, 11) is 0. The molecule has 0 N–H and O–H groups in total. The molecule has 1 amide bonds. The molecule has 31 heavy (non-hydrogen) atoms. The molecule has 2 fully saturated rings. The second-order valence-corrected chi connectivity index (χ2v) is 9.32. The van der Waals surface area contributed by atoms with Crippen molar-refractivity contribution in [2.75, 3.05) is 13.2 Å². The maximum absolute atomic E-state index is 13.7. The minimum atomic E-state index is -1.15. The summed E-state index contributed by atoms with van der Waals surface area (Å²) in [6.45, 7) is 7.89. The van der Waals surface area contributed by atoms with E-state index in [1.54, 1.807) is 31.2 Å². The Morgan fingerprint density at radius 3 is 2.42 bits per heavy atom. The third kappa shape index (κ3) is 4.59. The summed E-state index contributed by atoms with van der Waals surface area (Å²) in [4.78, 5) is 40.3. The number of ether oxygens (including phenoxy) is 2. The van der Waals surface area contributed by atoms with E-state index < -0.39 is 41.5 Å². The fourth-order valence-corrected chi connectivity index (χ4v) is 5.00. The number of esters is 1. The Balaban J connectivity index is 2.18. The zero-order valence-electron chi connectivity index (χ0n) is 18.7. The van der Waals surface area contributed by atoms with Gasteiger partial charge in [0.2, 0.25) is 6.04 Å². The van der Waals surface area contributed by atoms with Crippen molar-refractivity contribution in [2.45, 2.75) is 71.2 Å². The average molecular weight is 433 g/mol. The molecule has 0 spiro atoms. The van der Waals surface area contributed by atoms with E-state index in [0.717, 1.165) is 12.8 Å². The molecular weight excluding hydrogens is 400 g/mol. The van der Waals surface area contributed by atoms with E-state index in [0.29, 0.717) is 18.6 Å². The Labute approximate surface area is 183 Å². The molecule has 8 heteroatoms. The molecule has 1 aromatic rings. The van der Waals surface area contributed by atoms with Crippen molar-refractivity contribution in [1.29, 1.82) is 0 Å². The second kappa shape index (κ2) is 9.34. The van der Waals surface area contributed by atoms with Crippen LogP contribution in [0.2, 0.25) is 0 Å². The lowest BCUT2D eigenvalue weighted by Gasteiger charge is -2.35. The van der Waals surface area contributed by atoms with Crippen LogP contribution in [0.4, 0.5) is 0 Å². The Morgan fingerprint density at radius 2 is 1.90 bits per heavy atom. The lowest BCUT2D eigenvalue weighted by Crippen LogP contribution is -2.51. The normalized spacial score (nSPS) is 28.9. The SMILES string of the molecule is CCOC(=O)[C@H]1[C@@H](C(C)(C)C)[C@@H]([N+](=O)[O-])[C@@H](c2ccccc2)N1C(=O)[C@H]1CCCCO1. The molecule has 5 atom stereocenters. The average Bonchev–Trinajstić information content (AvgIpc) is 3.12. The highest BCUT2D eigenvalue weighted by atomic mass is 16.6. The highest BCUT2D eigenvalue weighted by molar-refractivity contribution is 5.89. The number of rotatable bonds is 5. The van der Waals surface area contributed by atoms with Crippen LogP contribution in [0.5, 0.6) is 0 Å². The van der Waals surface area contributed by atoms with Gasteiger partial charge in [-0.2, -0.15) is 0 Å². The van der Waals surface area contributed by atoms with Gasteiger partial charge in [-0.05, 0) is 37.2 Å². The van der Waals surface area contributed by atoms with E-state index in [2.05, 4.69) is 0 Å². The molecule has 170 valence electrons. The monoisotopic (exact) mass is 432 g/mol. The number of carbonyl (C=O) groups is 2. The first-order valence-electron chi connectivity index (χ1n) is 11.0. The molecule has 2 saturated heterocycles. The van der Waals surface area contributed by atoms with Gasteiger partial charge in [0.25, 0.3) is 5.91 Å². The first-order valence-corrected chi connectivity index (χ1v) is 11.0. The number of amides is 1. The van der Waals surface area contributed by atoms with Crippen molar-refractivity contribution in [3.63, 3.8) is 0 Å². The Hall–Kier alpha value is -2.48. The molecule has 0 aromatic heterocycles. The fourth-order valence-electron chi connectivity index (χ4n) is 5.00. The van der Waals surface area contributed by atoms with E-state index in [4.69, 9.17) is 9.47 Å². The first kappa shape index (κ1) is 23.2. The van der Waals surface area contributed by atoms with Crippen molar-refractivity contribution in [3.05, 3.63) is 46.0 Å². The summed E-state index contributed by atoms with van der Waals surface area (Å²) in [6, 6.07) is 5.86. The number of benzene rings is 1. The Bertz CT molecular complexity index is 800. The molecule has 0 unspecified atom stereocenters. The van der Waals surface area contributed by atoms with Crippen LogP contribution in [0.1, 0.15) is 58.6 Å². The smallest absolute Gasteiger partial charge is 0.329 e. The Kier molecular flexibility index (Phi) is 6.99. The van der Waals surface area contributed by atoms with Crippen LogP contribution in [-0.2, 0) is 19.1 Å². The van der Waals surface area contributed by atoms with Crippen LogP contribution in [0, 0.1) is 21.4 Å². The zero-order valence-corrected chi connectivity index (χ0v) is 18.7. The number of nitro groups is 1. The highest BCUT2D eigenvalue weighted by Crippen LogP contribution is 2.49. The van der Waals surface area contributed by atoms with E-state index in [9.17, 15) is 19.7 Å². The molecule has 2 heterocycles. The molecule has 0 aliphatic carbocycles. The first-order chi connectivity index (χ1) is 14.7. The van der Waals surface area contributed by atoms with Crippen LogP contribution in [-0.4, -0.2) is 53.1 Å². The van der Waals surface area contributed by atoms with Crippen molar-refractivity contribution >= 4 is 11.9 Å². The van der Waals surface area contributed by atoms with E-state index in [-0.39, 0.29) is 17.4 Å². The summed E-state index contributed by atoms with van der Waals surface area (Å²) in [5.74, 6) is -1.69. The largest absolute Gasteiger partial charge is 0.464 e. The predicted molar refractivity (Wildman–Crippen MR) is 114 cm³/mol. The standard InChI is InChI=1S/C23H32N2O6/c1-5-30-22(27)20-17(23(2,3)4)19(25(28)29)18(15-11-7-6-8-12-15)24(20)21(26)16-13-9-10-14-31-16/h6-8,11-12,16-20H,5,9-10,13-14H2,1-4H3/t16-,17+,18-,19-,20-/m1/s1. The van der Waals surface area contributed by atoms with Crippen molar-refractivity contribution in [3.8, 4) is 0 Å². The molecule has 2 aliphatic heterocycles. The van der Waals surface area contributed by atoms with Crippen molar-refractivity contribution < 1.29 is 24.0 Å². The molecule has 0 saturated carbocycles. The summed E-state index contributed by atoms with van der Waals surface area (Å²) in [6.07, 6.45) is 1.54. The van der Waals surface area contributed by atoms with Gasteiger partial charge in [-0.15, -0.1) is 0 Å². The van der Waals surface area contributed by atoms with Gasteiger partial charge in [-0.3, -0.25) is 14.9 Å². The fraction of sp³-hybridized carbons (Fsp3) is 0.652. The molecule has 0 bridgehead atoms. The maximum Gasteiger partial charge on any atom is 0.329 e. The van der Waals surface area contributed by atoms with Gasteiger partial charge in [0, 0.05) is 11.5 Å². The molecule has 8 nitrogen and oxygen atoms in total. The lowest BCUT2D eigenvalue weighted by atomic mass is 9.73. The topological polar surface area (TPSA) is 99.0 Å². The van der Waals surface area contributed by atoms with Crippen LogP contribution in [0.3, 0.4) is 0 Å². The maximum atomic E-state index is 13.7. The van der Waals surface area contributed by atoms with Gasteiger partial charge in [0.1, 0.15) is 18.2 Å². The summed E-state index contributed by atoms with van der Waals surface area (Å²) in [5.41, 5.74) is 0.0133. The highest BCUT2D eigenvalue weighted by Gasteiger charge is 2.64. The van der Waals surface area contributed by atoms with Gasteiger partial charge in [-0.1, -0.05) is 51.1 Å². The minimum Gasteiger partial charge on any atom is -0.464 e. The van der Waals surface area contributed by atoms with Crippen molar-refractivity contribution in [2.24, 2.45) is 11.3 Å². The molecule has 1 aromatic carbocycles. The van der Waals surface area contributed by atoms with Gasteiger partial charge in [0.05, 0.1) is 12.5 Å². The van der Waals surface area contributed by atoms with Gasteiger partial charge in [-0.25, -0.2) is 4.79 Å². The lowest BCUT2D eigenvalue weighted by molar-refractivity contribution is -0.536. The van der Waals surface area contributed by atoms with E-state index in [1.807, 2.05) is 26.8 Å². The number of likely N-dealkylation sites (tertiary alicyclic amines) is 1. The van der Waals surface area contributed by atoms with E-state index in [1.165, 1.54) is 4.90 Å². The van der Waals surface area contributed by atoms with Crippen LogP contribution in [0.25, 0.3) is 0 Å². The summed E-state index contributed by atoms with van der Waals surface area (Å²) < 4.78 is 11.1. The quantitative estimate of drug-likeness (QED) is 0.402. The van der Waals surface area contributed by atoms with Crippen LogP contribution < -0.4 is 0 Å². The van der Waals surface area contributed by atoms with Gasteiger partial charge in [0.15, 0.2) is 0 Å². The third-order valence-electron chi connectivity index (χ3n) is 6.25. The second-order valence-electron chi connectivity index (χ2n) is 9.32. The molecule has 0 radical (unpaired) electrons. The number of carbonyl (C=O) groups excluding carboxylic acids is 2. The number of nitrogens with zero attached hydrogens (tertiary/aromatic N) is 2. The summed E-state index contributed by atoms with van der Waals surface area (Å²) in [5, 5.41) is 12.4. The number of hydrogen-bond acceptors (Lipinski definition) is 6. The Morgan fingerprint density at radius 1 is 1.23 bits per heavy atom. The van der Waals surface area contributed by atoms with E-state index >= 15 is 0 Å². The van der Waals surface area contributed by atoms with Gasteiger partial charge >= 0.3 is 5.97 Å². The zero-order chi connectivity index (χ0) is 22.8. The van der Waals surface area contributed by atoms with Crippen LogP contribution in [0.15, 0.2) is 30.3 Å². The summed E-state index contributed by atoms with van der Waals surface area (Å²) >= 11 is 0. The van der Waals surface area contributed by atoms with Gasteiger partial charge < -0.3 is 14.4 Å². The molecule has 3 rings (SSSR count). The number of hydrogen-bond donors (Lipinski definition) is 0. The third-order valence-corrected chi connectivity index (χ3v) is 6.25. The van der Waals surface area contributed by atoms with Crippen LogP contribution >= 0.6 is 0 Å². The minimum absolute atomic E-state index is 0.132. The predicted octanol–water partition coefficient (Wildman–Crippen LogP) is 3.38. The van der Waals surface area contributed by atoms with Crippen molar-refractivity contribution in [1.82, 2.24) is 4.90 Å². The molecular formula is C23H32N2O6.